The van der Waals surface area contributed by atoms with Gasteiger partial charge in [-0.2, -0.15) is 5.10 Å². The SMILES string of the molecule is CC(=O)c1nn(CC(=O)N2C[C@H](F)C[C@H]2C(=O)Nc2cccc(Br)n2)c2ccc(N3C[C@H]4CCCC[C@H]4C3)cc12. The lowest BCUT2D eigenvalue weighted by Gasteiger charge is -2.23. The van der Waals surface area contributed by atoms with Crippen molar-refractivity contribution < 1.29 is 18.8 Å². The van der Waals surface area contributed by atoms with E-state index >= 15 is 0 Å². The van der Waals surface area contributed by atoms with Gasteiger partial charge in [-0.25, -0.2) is 9.37 Å². The van der Waals surface area contributed by atoms with Gasteiger partial charge in [-0.05, 0) is 70.9 Å². The van der Waals surface area contributed by atoms with Crippen molar-refractivity contribution in [2.24, 2.45) is 11.8 Å². The molecule has 1 saturated carbocycles. The van der Waals surface area contributed by atoms with Crippen molar-refractivity contribution in [3.05, 3.63) is 46.7 Å². The minimum atomic E-state index is -1.32. The summed E-state index contributed by atoms with van der Waals surface area (Å²) in [5, 5.41) is 7.88. The summed E-state index contributed by atoms with van der Waals surface area (Å²) in [6, 6.07) is 10.0. The molecule has 11 heteroatoms. The van der Waals surface area contributed by atoms with Crippen LogP contribution >= 0.6 is 15.9 Å². The Balaban J connectivity index is 1.22. The van der Waals surface area contributed by atoms with Gasteiger partial charge in [0.25, 0.3) is 0 Å². The summed E-state index contributed by atoms with van der Waals surface area (Å²) in [7, 11) is 0. The van der Waals surface area contributed by atoms with E-state index in [9.17, 15) is 18.8 Å². The molecule has 0 spiro atoms. The number of likely N-dealkylation sites (tertiary alicyclic amines) is 1. The first kappa shape index (κ1) is 26.9. The highest BCUT2D eigenvalue weighted by Crippen LogP contribution is 2.39. The highest BCUT2D eigenvalue weighted by molar-refractivity contribution is 9.10. The van der Waals surface area contributed by atoms with Gasteiger partial charge in [0.1, 0.15) is 34.9 Å². The van der Waals surface area contributed by atoms with E-state index in [0.717, 1.165) is 30.6 Å². The van der Waals surface area contributed by atoms with Gasteiger partial charge in [-0.3, -0.25) is 19.1 Å². The van der Waals surface area contributed by atoms with Gasteiger partial charge in [-0.15, -0.1) is 0 Å². The first-order chi connectivity index (χ1) is 19.3. The second-order valence-electron chi connectivity index (χ2n) is 11.2. The van der Waals surface area contributed by atoms with E-state index in [0.29, 0.717) is 27.0 Å². The predicted octanol–water partition coefficient (Wildman–Crippen LogP) is 4.60. The third kappa shape index (κ3) is 5.23. The zero-order valence-corrected chi connectivity index (χ0v) is 23.9. The smallest absolute Gasteiger partial charge is 0.248 e. The molecule has 2 amide bonds. The molecule has 4 heterocycles. The number of carbonyl (C=O) groups excluding carboxylic acids is 3. The Morgan fingerprint density at radius 2 is 1.82 bits per heavy atom. The second kappa shape index (κ2) is 10.9. The maximum Gasteiger partial charge on any atom is 0.248 e. The molecule has 1 aromatic carbocycles. The number of ketones is 1. The molecule has 2 saturated heterocycles. The van der Waals surface area contributed by atoms with E-state index in [1.807, 2.05) is 18.2 Å². The molecular weight excluding hydrogens is 579 g/mol. The van der Waals surface area contributed by atoms with E-state index in [1.165, 1.54) is 42.2 Å². The van der Waals surface area contributed by atoms with Crippen LogP contribution in [0.3, 0.4) is 0 Å². The molecule has 210 valence electrons. The number of fused-ring (bicyclic) bond motifs is 2. The van der Waals surface area contributed by atoms with E-state index in [4.69, 9.17) is 0 Å². The first-order valence-electron chi connectivity index (χ1n) is 13.9. The zero-order valence-electron chi connectivity index (χ0n) is 22.4. The molecule has 4 atom stereocenters. The third-order valence-electron chi connectivity index (χ3n) is 8.53. The summed E-state index contributed by atoms with van der Waals surface area (Å²) in [6.07, 6.45) is 3.74. The van der Waals surface area contributed by atoms with E-state index < -0.39 is 24.0 Å². The monoisotopic (exact) mass is 610 g/mol. The van der Waals surface area contributed by atoms with Gasteiger partial charge in [0, 0.05) is 37.5 Å². The average Bonchev–Trinajstić information content (AvgIpc) is 3.63. The van der Waals surface area contributed by atoms with Crippen LogP contribution in [0, 0.1) is 11.8 Å². The van der Waals surface area contributed by atoms with Crippen LogP contribution in [0.1, 0.15) is 49.5 Å². The van der Waals surface area contributed by atoms with Crippen molar-refractivity contribution in [1.82, 2.24) is 19.7 Å². The number of benzene rings is 1. The molecule has 1 N–H and O–H groups in total. The summed E-state index contributed by atoms with van der Waals surface area (Å²) >= 11 is 3.26. The van der Waals surface area contributed by atoms with Crippen LogP contribution in [0.2, 0.25) is 0 Å². The molecule has 40 heavy (non-hydrogen) atoms. The third-order valence-corrected chi connectivity index (χ3v) is 8.98. The van der Waals surface area contributed by atoms with Crippen molar-refractivity contribution in [2.45, 2.75) is 57.8 Å². The quantitative estimate of drug-likeness (QED) is 0.323. The number of anilines is 2. The fraction of sp³-hybridized carbons (Fsp3) is 0.483. The molecule has 0 unspecified atom stereocenters. The Kier molecular flexibility index (Phi) is 7.33. The number of nitrogens with zero attached hydrogens (tertiary/aromatic N) is 5. The lowest BCUT2D eigenvalue weighted by molar-refractivity contribution is -0.137. The van der Waals surface area contributed by atoms with Crippen LogP contribution in [-0.4, -0.2) is 69.1 Å². The molecule has 3 aromatic rings. The molecule has 0 bridgehead atoms. The van der Waals surface area contributed by atoms with Gasteiger partial charge in [-0.1, -0.05) is 18.9 Å². The summed E-state index contributed by atoms with van der Waals surface area (Å²) in [5.74, 6) is 0.639. The standard InChI is InChI=1S/C29H32BrFN6O3/c1-17(38)28-22-12-21(35-13-18-5-2-3-6-19(18)14-35)9-10-23(22)37(34-28)16-27(39)36-15-20(31)11-24(36)29(40)33-26-8-4-7-25(30)32-26/h4,7-10,12,18-20,24H,2-3,5-6,11,13-16H2,1H3,(H,32,33,40)/t18-,19+,20-,24+/m1/s1. The van der Waals surface area contributed by atoms with E-state index in [1.54, 1.807) is 18.2 Å². The average molecular weight is 612 g/mol. The van der Waals surface area contributed by atoms with E-state index in [2.05, 4.69) is 36.2 Å². The van der Waals surface area contributed by atoms with E-state index in [-0.39, 0.29) is 25.3 Å². The van der Waals surface area contributed by atoms with Crippen LogP contribution in [0.4, 0.5) is 15.9 Å². The van der Waals surface area contributed by atoms with Crippen LogP contribution in [0.25, 0.3) is 10.9 Å². The van der Waals surface area contributed by atoms with Gasteiger partial charge < -0.3 is 15.1 Å². The Labute approximate surface area is 240 Å². The topological polar surface area (TPSA) is 100 Å². The summed E-state index contributed by atoms with van der Waals surface area (Å²) in [4.78, 5) is 46.8. The first-order valence-corrected chi connectivity index (χ1v) is 14.7. The maximum absolute atomic E-state index is 14.5. The molecule has 1 aliphatic carbocycles. The number of Topliss-reactive ketones (excluding diaryl/α,β-unsaturated/α-hetero) is 1. The molecule has 9 nitrogen and oxygen atoms in total. The predicted molar refractivity (Wildman–Crippen MR) is 153 cm³/mol. The van der Waals surface area contributed by atoms with Gasteiger partial charge in [0.15, 0.2) is 5.78 Å². The van der Waals surface area contributed by atoms with Gasteiger partial charge in [0.05, 0.1) is 12.1 Å². The Hall–Kier alpha value is -3.34. The number of rotatable bonds is 6. The van der Waals surface area contributed by atoms with Crippen LogP contribution < -0.4 is 10.2 Å². The zero-order chi connectivity index (χ0) is 28.0. The minimum absolute atomic E-state index is 0.0920. The summed E-state index contributed by atoms with van der Waals surface area (Å²) < 4.78 is 16.5. The lowest BCUT2D eigenvalue weighted by Crippen LogP contribution is -2.44. The van der Waals surface area contributed by atoms with Crippen molar-refractivity contribution in [1.29, 1.82) is 0 Å². The number of alkyl halides is 1. The van der Waals surface area contributed by atoms with Crippen molar-refractivity contribution in [2.75, 3.05) is 29.9 Å². The molecular formula is C29H32BrFN6O3. The summed E-state index contributed by atoms with van der Waals surface area (Å²) in [6.45, 7) is 3.13. The molecule has 6 rings (SSSR count). The van der Waals surface area contributed by atoms with Gasteiger partial charge >= 0.3 is 0 Å². The number of nitrogens with one attached hydrogen (secondary N) is 1. The van der Waals surface area contributed by atoms with Crippen molar-refractivity contribution in [3.8, 4) is 0 Å². The van der Waals surface area contributed by atoms with Crippen molar-refractivity contribution in [3.63, 3.8) is 0 Å². The Bertz CT molecular complexity index is 1460. The highest BCUT2D eigenvalue weighted by atomic mass is 79.9. The van der Waals surface area contributed by atoms with Crippen molar-refractivity contribution >= 4 is 55.9 Å². The number of hydrogen-bond donors (Lipinski definition) is 1. The van der Waals surface area contributed by atoms with Gasteiger partial charge in [0.2, 0.25) is 11.8 Å². The molecule has 2 aromatic heterocycles. The highest BCUT2D eigenvalue weighted by Gasteiger charge is 2.40. The Morgan fingerprint density at radius 1 is 1.07 bits per heavy atom. The molecule has 2 aliphatic heterocycles. The number of hydrogen-bond acceptors (Lipinski definition) is 6. The van der Waals surface area contributed by atoms with Crippen LogP contribution in [0.15, 0.2) is 41.0 Å². The number of pyridine rings is 1. The number of halogens is 2. The number of amides is 2. The normalized spacial score (nSPS) is 24.4. The van der Waals surface area contributed by atoms with Crippen LogP contribution in [0.5, 0.6) is 0 Å². The Morgan fingerprint density at radius 3 is 2.52 bits per heavy atom. The minimum Gasteiger partial charge on any atom is -0.371 e. The number of carbonyl (C=O) groups is 3. The largest absolute Gasteiger partial charge is 0.371 e. The number of aromatic nitrogens is 3. The van der Waals surface area contributed by atoms with Crippen LogP contribution in [-0.2, 0) is 16.1 Å². The second-order valence-corrected chi connectivity index (χ2v) is 12.0. The fourth-order valence-electron chi connectivity index (χ4n) is 6.58. The maximum atomic E-state index is 14.5. The summed E-state index contributed by atoms with van der Waals surface area (Å²) in [5.41, 5.74) is 2.03. The lowest BCUT2D eigenvalue weighted by atomic mass is 9.82. The molecule has 0 radical (unpaired) electrons. The molecule has 3 fully saturated rings. The fourth-order valence-corrected chi connectivity index (χ4v) is 6.92. The molecule has 3 aliphatic rings.